The van der Waals surface area contributed by atoms with Gasteiger partial charge in [-0.25, -0.2) is 43.9 Å². The summed E-state index contributed by atoms with van der Waals surface area (Å²) < 4.78 is 151. The van der Waals surface area contributed by atoms with Gasteiger partial charge in [-0.05, 0) is 0 Å². The predicted octanol–water partition coefficient (Wildman–Crippen LogP) is 5.47. The van der Waals surface area contributed by atoms with Gasteiger partial charge in [-0.1, -0.05) is 0 Å². The molecule has 0 amide bonds. The van der Waals surface area contributed by atoms with E-state index in [1.54, 1.807) is 0 Å². The molecule has 0 heterocycles. The van der Waals surface area contributed by atoms with Crippen LogP contribution in [0, 0.1) is 58.2 Å². The Morgan fingerprint density at radius 2 is 0.679 bits per heavy atom. The fraction of sp³-hybridized carbons (Fsp3) is 0.143. The zero-order chi connectivity index (χ0) is 21.3. The van der Waals surface area contributed by atoms with Crippen LogP contribution >= 0.6 is 8.25 Å². The summed E-state index contributed by atoms with van der Waals surface area (Å²) in [7, 11) is -3.53. The molecule has 3 nitrogen and oxygen atoms in total. The third kappa shape index (κ3) is 3.96. The van der Waals surface area contributed by atoms with E-state index in [9.17, 15) is 48.5 Å². The van der Waals surface area contributed by atoms with Crippen LogP contribution in [0.15, 0.2) is 0 Å². The van der Waals surface area contributed by atoms with Gasteiger partial charge in [0.15, 0.2) is 46.5 Å². The molecule has 2 aromatic carbocycles. The van der Waals surface area contributed by atoms with Gasteiger partial charge >= 0.3 is 8.25 Å². The second-order valence-corrected chi connectivity index (χ2v) is 5.83. The molecule has 0 saturated heterocycles. The molecule has 0 bridgehead atoms. The van der Waals surface area contributed by atoms with Gasteiger partial charge < -0.3 is 0 Å². The quantitative estimate of drug-likeness (QED) is 0.258. The Morgan fingerprint density at radius 1 is 0.464 bits per heavy atom. The zero-order valence-corrected chi connectivity index (χ0v) is 13.8. The first-order valence-electron chi connectivity index (χ1n) is 6.72. The molecule has 0 N–H and O–H groups in total. The van der Waals surface area contributed by atoms with Crippen molar-refractivity contribution in [3.63, 3.8) is 0 Å². The van der Waals surface area contributed by atoms with Gasteiger partial charge in [-0.2, -0.15) is 0 Å². The minimum atomic E-state index is -3.53. The normalized spacial score (nSPS) is 11.2. The van der Waals surface area contributed by atoms with E-state index in [2.05, 4.69) is 9.05 Å². The molecule has 0 aliphatic heterocycles. The van der Waals surface area contributed by atoms with Crippen LogP contribution in [0.25, 0.3) is 0 Å². The monoisotopic (exact) mass is 441 g/mol. The second-order valence-electron chi connectivity index (χ2n) is 4.87. The lowest BCUT2D eigenvalue weighted by atomic mass is 10.2. The standard InChI is InChI=1S/C14H4F10O3P/c15-5-3(6(16)10(20)13(23)9(5)19)1-26-28(25)27-2-4-7(17)11(21)14(24)12(22)8(4)18/h1-2H2/q+1. The Hall–Kier alpha value is -2.24. The molecule has 0 aliphatic carbocycles. The maximum Gasteiger partial charge on any atom is 0.698 e. The van der Waals surface area contributed by atoms with E-state index in [0.717, 1.165) is 0 Å². The number of hydrogen-bond acceptors (Lipinski definition) is 3. The smallest absolute Gasteiger partial charge is 0.203 e. The third-order valence-electron chi connectivity index (χ3n) is 3.23. The van der Waals surface area contributed by atoms with E-state index < -0.39 is 90.8 Å². The molecule has 0 spiro atoms. The van der Waals surface area contributed by atoms with Crippen LogP contribution in [0.5, 0.6) is 0 Å². The van der Waals surface area contributed by atoms with Crippen molar-refractivity contribution in [2.75, 3.05) is 0 Å². The van der Waals surface area contributed by atoms with Gasteiger partial charge in [0.2, 0.25) is 11.6 Å². The number of benzene rings is 2. The first kappa shape index (κ1) is 22.1. The average molecular weight is 441 g/mol. The Kier molecular flexibility index (Phi) is 6.63. The number of hydrogen-bond donors (Lipinski definition) is 0. The van der Waals surface area contributed by atoms with Crippen molar-refractivity contribution in [1.29, 1.82) is 0 Å². The average Bonchev–Trinajstić information content (AvgIpc) is 2.67. The molecule has 0 aliphatic rings. The van der Waals surface area contributed by atoms with E-state index in [4.69, 9.17) is 0 Å². The van der Waals surface area contributed by atoms with Gasteiger partial charge in [0.25, 0.3) is 0 Å². The van der Waals surface area contributed by atoms with Gasteiger partial charge in [-0.3, -0.25) is 0 Å². The van der Waals surface area contributed by atoms with Crippen molar-refractivity contribution in [2.24, 2.45) is 0 Å². The van der Waals surface area contributed by atoms with E-state index in [1.165, 1.54) is 0 Å². The minimum absolute atomic E-state index is 1.49. The van der Waals surface area contributed by atoms with Crippen molar-refractivity contribution >= 4 is 8.25 Å². The Bertz CT molecular complexity index is 832. The van der Waals surface area contributed by atoms with Crippen molar-refractivity contribution in [1.82, 2.24) is 0 Å². The van der Waals surface area contributed by atoms with E-state index in [0.29, 0.717) is 0 Å². The first-order chi connectivity index (χ1) is 13.0. The minimum Gasteiger partial charge on any atom is -0.203 e. The van der Waals surface area contributed by atoms with Crippen LogP contribution in [0.1, 0.15) is 11.1 Å². The summed E-state index contributed by atoms with van der Waals surface area (Å²) in [5.41, 5.74) is -3.06. The van der Waals surface area contributed by atoms with Crippen LogP contribution in [0.4, 0.5) is 43.9 Å². The van der Waals surface area contributed by atoms with Crippen molar-refractivity contribution in [3.05, 3.63) is 69.3 Å². The molecule has 2 aromatic rings. The maximum atomic E-state index is 13.4. The van der Waals surface area contributed by atoms with Crippen LogP contribution < -0.4 is 0 Å². The highest BCUT2D eigenvalue weighted by atomic mass is 31.1. The van der Waals surface area contributed by atoms with Crippen molar-refractivity contribution in [2.45, 2.75) is 13.2 Å². The highest BCUT2D eigenvalue weighted by Gasteiger charge is 2.32. The van der Waals surface area contributed by atoms with Crippen molar-refractivity contribution < 1.29 is 57.5 Å². The fourth-order valence-corrected chi connectivity index (χ4v) is 2.37. The molecular formula is C14H4F10O3P+. The molecular weight excluding hydrogens is 437 g/mol. The van der Waals surface area contributed by atoms with Gasteiger partial charge in [0.05, 0.1) is 11.1 Å². The van der Waals surface area contributed by atoms with E-state index >= 15 is 0 Å². The first-order valence-corrected chi connectivity index (χ1v) is 7.82. The molecule has 0 unspecified atom stereocenters. The van der Waals surface area contributed by atoms with Crippen LogP contribution in [0.2, 0.25) is 0 Å². The van der Waals surface area contributed by atoms with Crippen LogP contribution in [-0.4, -0.2) is 0 Å². The summed E-state index contributed by atoms with van der Waals surface area (Å²) >= 11 is 0. The Labute approximate surface area is 149 Å². The van der Waals surface area contributed by atoms with Crippen molar-refractivity contribution in [3.8, 4) is 0 Å². The fourth-order valence-electron chi connectivity index (χ4n) is 1.83. The summed E-state index contributed by atoms with van der Waals surface area (Å²) in [6.07, 6.45) is 0. The molecule has 0 atom stereocenters. The van der Waals surface area contributed by atoms with Gasteiger partial charge in [0.1, 0.15) is 13.2 Å². The lowest BCUT2D eigenvalue weighted by Crippen LogP contribution is -2.08. The lowest BCUT2D eigenvalue weighted by molar-refractivity contribution is 0.200. The predicted molar refractivity (Wildman–Crippen MR) is 69.6 cm³/mol. The highest BCUT2D eigenvalue weighted by molar-refractivity contribution is 7.33. The highest BCUT2D eigenvalue weighted by Crippen LogP contribution is 2.32. The second kappa shape index (κ2) is 8.41. The SMILES string of the molecule is O=[P+](OCc1c(F)c(F)c(F)c(F)c1F)OCc1c(F)c(F)c(F)c(F)c1F. The molecule has 0 radical (unpaired) electrons. The van der Waals surface area contributed by atoms with E-state index in [1.807, 2.05) is 0 Å². The summed E-state index contributed by atoms with van der Waals surface area (Å²) in [5, 5.41) is 0. The zero-order valence-electron chi connectivity index (χ0n) is 12.9. The summed E-state index contributed by atoms with van der Waals surface area (Å²) in [6, 6.07) is 0. The molecule has 28 heavy (non-hydrogen) atoms. The topological polar surface area (TPSA) is 35.5 Å². The van der Waals surface area contributed by atoms with E-state index in [-0.39, 0.29) is 0 Å². The maximum absolute atomic E-state index is 13.4. The van der Waals surface area contributed by atoms with Crippen LogP contribution in [-0.2, 0) is 26.8 Å². The largest absolute Gasteiger partial charge is 0.698 e. The molecule has 2 rings (SSSR count). The Morgan fingerprint density at radius 3 is 0.929 bits per heavy atom. The lowest BCUT2D eigenvalue weighted by Gasteiger charge is -2.06. The molecule has 0 fully saturated rings. The number of halogens is 10. The molecule has 0 aromatic heterocycles. The molecule has 14 heteroatoms. The molecule has 0 saturated carbocycles. The van der Waals surface area contributed by atoms with Crippen LogP contribution in [0.3, 0.4) is 0 Å². The summed E-state index contributed by atoms with van der Waals surface area (Å²) in [5.74, 6) is -23.3. The van der Waals surface area contributed by atoms with Gasteiger partial charge in [-0.15, -0.1) is 9.05 Å². The third-order valence-corrected chi connectivity index (χ3v) is 3.91. The van der Waals surface area contributed by atoms with Gasteiger partial charge in [0, 0.05) is 4.57 Å². The summed E-state index contributed by atoms with van der Waals surface area (Å²) in [4.78, 5) is 0. The number of rotatable bonds is 6. The summed E-state index contributed by atoms with van der Waals surface area (Å²) in [6.45, 7) is -2.98. The Balaban J connectivity index is 2.12. The molecule has 152 valence electrons.